The largest absolute Gasteiger partial charge is 0.481 e. The number of carboxylic acid groups (broad SMARTS) is 1. The molecule has 2 N–H and O–H groups in total. The van der Waals surface area contributed by atoms with E-state index < -0.39 is 5.97 Å². The molecule has 80 valence electrons. The van der Waals surface area contributed by atoms with Crippen molar-refractivity contribution in [1.82, 2.24) is 5.32 Å². The lowest BCUT2D eigenvalue weighted by Crippen LogP contribution is -2.38. The van der Waals surface area contributed by atoms with E-state index in [4.69, 9.17) is 11.5 Å². The molecule has 14 heavy (non-hydrogen) atoms. The van der Waals surface area contributed by atoms with Gasteiger partial charge in [0, 0.05) is 6.42 Å². The van der Waals surface area contributed by atoms with Crippen LogP contribution >= 0.6 is 0 Å². The summed E-state index contributed by atoms with van der Waals surface area (Å²) in [4.78, 5) is 10.2. The molecule has 3 heteroatoms. The Balaban J connectivity index is 3.31. The minimum Gasteiger partial charge on any atom is -0.481 e. The van der Waals surface area contributed by atoms with E-state index in [9.17, 15) is 4.79 Å². The zero-order chi connectivity index (χ0) is 11.0. The highest BCUT2D eigenvalue weighted by Gasteiger charge is 2.10. The third-order valence-corrected chi connectivity index (χ3v) is 2.00. The molecule has 0 aliphatic rings. The van der Waals surface area contributed by atoms with Crippen molar-refractivity contribution in [3.8, 4) is 12.3 Å². The fourth-order valence-corrected chi connectivity index (χ4v) is 1.03. The molecule has 0 aliphatic carbocycles. The predicted molar refractivity (Wildman–Crippen MR) is 57.0 cm³/mol. The van der Waals surface area contributed by atoms with Gasteiger partial charge in [-0.05, 0) is 33.2 Å². The average Bonchev–Trinajstić information content (AvgIpc) is 2.10. The van der Waals surface area contributed by atoms with E-state index in [0.29, 0.717) is 0 Å². The number of unbranched alkanes of at least 4 members (excludes halogenated alkanes) is 2. The lowest BCUT2D eigenvalue weighted by Gasteiger charge is -2.19. The van der Waals surface area contributed by atoms with Gasteiger partial charge in [0.2, 0.25) is 0 Å². The van der Waals surface area contributed by atoms with Crippen LogP contribution in [0.15, 0.2) is 0 Å². The number of nitrogens with one attached hydrogen (secondary N) is 1. The van der Waals surface area contributed by atoms with Crippen LogP contribution in [0.1, 0.15) is 39.5 Å². The maximum Gasteiger partial charge on any atom is 0.303 e. The molecule has 0 saturated carbocycles. The smallest absolute Gasteiger partial charge is 0.303 e. The molecule has 0 saturated heterocycles. The fourth-order valence-electron chi connectivity index (χ4n) is 1.03. The first-order valence-corrected chi connectivity index (χ1v) is 4.92. The zero-order valence-corrected chi connectivity index (χ0v) is 8.97. The number of aliphatic carboxylic acids is 1. The van der Waals surface area contributed by atoms with Gasteiger partial charge in [0.15, 0.2) is 0 Å². The molecule has 0 amide bonds. The Morgan fingerprint density at radius 1 is 1.43 bits per heavy atom. The van der Waals surface area contributed by atoms with E-state index in [1.807, 2.05) is 13.8 Å². The predicted octanol–water partition coefficient (Wildman–Crippen LogP) is 1.63. The summed E-state index contributed by atoms with van der Waals surface area (Å²) in [5, 5.41) is 11.6. The zero-order valence-electron chi connectivity index (χ0n) is 8.97. The molecule has 3 nitrogen and oxygen atoms in total. The minimum atomic E-state index is -0.720. The van der Waals surface area contributed by atoms with Gasteiger partial charge >= 0.3 is 5.97 Å². The van der Waals surface area contributed by atoms with Crippen molar-refractivity contribution < 1.29 is 9.90 Å². The number of hydrogen-bond donors (Lipinski definition) is 2. The molecule has 0 aliphatic heterocycles. The van der Waals surface area contributed by atoms with Crippen LogP contribution in [-0.4, -0.2) is 23.2 Å². The summed E-state index contributed by atoms with van der Waals surface area (Å²) in [6.45, 7) is 4.74. The molecular formula is C11H19NO2. The minimum absolute atomic E-state index is 0.257. The number of hydrogen-bond acceptors (Lipinski definition) is 2. The fraction of sp³-hybridized carbons (Fsp3) is 0.727. The SMILES string of the molecule is C#CC(C)(C)NCCCCCC(=O)O. The normalized spacial score (nSPS) is 10.9. The highest BCUT2D eigenvalue weighted by Crippen LogP contribution is 2.02. The van der Waals surface area contributed by atoms with Crippen LogP contribution in [0.2, 0.25) is 0 Å². The second-order valence-electron chi connectivity index (χ2n) is 3.90. The van der Waals surface area contributed by atoms with Crippen molar-refractivity contribution in [1.29, 1.82) is 0 Å². The Morgan fingerprint density at radius 3 is 2.57 bits per heavy atom. The highest BCUT2D eigenvalue weighted by molar-refractivity contribution is 5.66. The number of terminal acetylenes is 1. The van der Waals surface area contributed by atoms with Crippen molar-refractivity contribution in [3.05, 3.63) is 0 Å². The van der Waals surface area contributed by atoms with Crippen molar-refractivity contribution >= 4 is 5.97 Å². The molecule has 0 spiro atoms. The lowest BCUT2D eigenvalue weighted by atomic mass is 10.1. The summed E-state index contributed by atoms with van der Waals surface area (Å²) in [5.41, 5.74) is -0.257. The topological polar surface area (TPSA) is 49.3 Å². The summed E-state index contributed by atoms with van der Waals surface area (Å²) >= 11 is 0. The van der Waals surface area contributed by atoms with E-state index >= 15 is 0 Å². The second kappa shape index (κ2) is 6.44. The van der Waals surface area contributed by atoms with Gasteiger partial charge < -0.3 is 10.4 Å². The van der Waals surface area contributed by atoms with Crippen molar-refractivity contribution in [2.75, 3.05) is 6.54 Å². The quantitative estimate of drug-likeness (QED) is 0.482. The molecule has 0 atom stereocenters. The first-order chi connectivity index (χ1) is 6.48. The average molecular weight is 197 g/mol. The van der Waals surface area contributed by atoms with Gasteiger partial charge in [-0.1, -0.05) is 12.3 Å². The van der Waals surface area contributed by atoms with E-state index in [1.165, 1.54) is 0 Å². The van der Waals surface area contributed by atoms with Crippen LogP contribution in [0.5, 0.6) is 0 Å². The van der Waals surface area contributed by atoms with Gasteiger partial charge in [0.1, 0.15) is 0 Å². The summed E-state index contributed by atoms with van der Waals surface area (Å²) in [7, 11) is 0. The standard InChI is InChI=1S/C11H19NO2/c1-4-11(2,3)12-9-7-5-6-8-10(13)14/h1,12H,5-9H2,2-3H3,(H,13,14). The Labute approximate surface area is 85.9 Å². The van der Waals surface area contributed by atoms with Crippen molar-refractivity contribution in [3.63, 3.8) is 0 Å². The molecule has 0 heterocycles. The molecule has 0 aromatic heterocycles. The Bertz CT molecular complexity index is 216. The Morgan fingerprint density at radius 2 is 2.07 bits per heavy atom. The van der Waals surface area contributed by atoms with E-state index in [1.54, 1.807) is 0 Å². The van der Waals surface area contributed by atoms with Gasteiger partial charge in [-0.3, -0.25) is 4.79 Å². The summed E-state index contributed by atoms with van der Waals surface area (Å²) in [6, 6.07) is 0. The number of rotatable bonds is 7. The number of carboxylic acids is 1. The number of carbonyl (C=O) groups is 1. The van der Waals surface area contributed by atoms with Gasteiger partial charge in [0.25, 0.3) is 0 Å². The third kappa shape index (κ3) is 7.63. The molecule has 0 rings (SSSR count). The van der Waals surface area contributed by atoms with Crippen molar-refractivity contribution in [2.45, 2.75) is 45.1 Å². The monoisotopic (exact) mass is 197 g/mol. The van der Waals surface area contributed by atoms with Gasteiger partial charge in [0.05, 0.1) is 5.54 Å². The molecule has 0 aromatic rings. The van der Waals surface area contributed by atoms with E-state index in [-0.39, 0.29) is 12.0 Å². The Hall–Kier alpha value is -1.01. The first kappa shape index (κ1) is 13.0. The molecular weight excluding hydrogens is 178 g/mol. The molecule has 0 unspecified atom stereocenters. The second-order valence-corrected chi connectivity index (χ2v) is 3.90. The van der Waals surface area contributed by atoms with E-state index in [2.05, 4.69) is 11.2 Å². The lowest BCUT2D eigenvalue weighted by molar-refractivity contribution is -0.137. The van der Waals surface area contributed by atoms with Gasteiger partial charge in [-0.15, -0.1) is 6.42 Å². The summed E-state index contributed by atoms with van der Waals surface area (Å²) in [5.74, 6) is 1.92. The van der Waals surface area contributed by atoms with E-state index in [0.717, 1.165) is 25.8 Å². The highest BCUT2D eigenvalue weighted by atomic mass is 16.4. The third-order valence-electron chi connectivity index (χ3n) is 2.00. The van der Waals surface area contributed by atoms with Gasteiger partial charge in [-0.25, -0.2) is 0 Å². The molecule has 0 fully saturated rings. The maximum atomic E-state index is 10.2. The van der Waals surface area contributed by atoms with Crippen LogP contribution in [0.25, 0.3) is 0 Å². The van der Waals surface area contributed by atoms with Crippen LogP contribution < -0.4 is 5.32 Å². The summed E-state index contributed by atoms with van der Waals surface area (Å²) < 4.78 is 0. The first-order valence-electron chi connectivity index (χ1n) is 4.92. The van der Waals surface area contributed by atoms with Gasteiger partial charge in [-0.2, -0.15) is 0 Å². The molecule has 0 radical (unpaired) electrons. The molecule has 0 bridgehead atoms. The summed E-state index contributed by atoms with van der Waals surface area (Å²) in [6.07, 6.45) is 8.20. The Kier molecular flexibility index (Phi) is 5.98. The molecule has 0 aromatic carbocycles. The van der Waals surface area contributed by atoms with Crippen LogP contribution in [-0.2, 0) is 4.79 Å². The van der Waals surface area contributed by atoms with Crippen LogP contribution in [0, 0.1) is 12.3 Å². The van der Waals surface area contributed by atoms with Crippen molar-refractivity contribution in [2.24, 2.45) is 0 Å². The van der Waals surface area contributed by atoms with Crippen LogP contribution in [0.3, 0.4) is 0 Å². The maximum absolute atomic E-state index is 10.2. The van der Waals surface area contributed by atoms with Crippen LogP contribution in [0.4, 0.5) is 0 Å².